The molecule has 0 radical (unpaired) electrons. The van der Waals surface area contributed by atoms with Crippen molar-refractivity contribution in [1.29, 1.82) is 0 Å². The highest BCUT2D eigenvalue weighted by Gasteiger charge is 2.14. The molecule has 0 aromatic carbocycles. The van der Waals surface area contributed by atoms with Crippen molar-refractivity contribution >= 4 is 11.3 Å². The fourth-order valence-electron chi connectivity index (χ4n) is 1.55. The molecule has 4 heteroatoms. The highest BCUT2D eigenvalue weighted by molar-refractivity contribution is 7.09. The van der Waals surface area contributed by atoms with Crippen LogP contribution in [0.5, 0.6) is 0 Å². The van der Waals surface area contributed by atoms with E-state index in [2.05, 4.69) is 43.6 Å². The van der Waals surface area contributed by atoms with Gasteiger partial charge in [0, 0.05) is 30.5 Å². The maximum atomic E-state index is 5.87. The summed E-state index contributed by atoms with van der Waals surface area (Å²) in [5.74, 6) is 0. The van der Waals surface area contributed by atoms with Crippen LogP contribution >= 0.6 is 11.3 Å². The lowest BCUT2D eigenvalue weighted by atomic mass is 10.1. The maximum Gasteiger partial charge on any atom is 0.0932 e. The molecular weight excluding hydrogens is 246 g/mol. The predicted octanol–water partition coefficient (Wildman–Crippen LogP) is 2.71. The number of rotatable bonds is 8. The topological polar surface area (TPSA) is 30.5 Å². The van der Waals surface area contributed by atoms with Gasteiger partial charge in [0.15, 0.2) is 0 Å². The molecule has 0 saturated carbocycles. The molecule has 1 unspecified atom stereocenters. The van der Waals surface area contributed by atoms with Crippen LogP contribution in [0.3, 0.4) is 0 Å². The summed E-state index contributed by atoms with van der Waals surface area (Å²) in [5, 5.41) is 5.55. The van der Waals surface area contributed by atoms with Crippen LogP contribution in [0.4, 0.5) is 0 Å². The second-order valence-electron chi connectivity index (χ2n) is 5.41. The van der Waals surface area contributed by atoms with Crippen LogP contribution in [-0.4, -0.2) is 38.5 Å². The Kier molecular flexibility index (Phi) is 6.86. The molecule has 18 heavy (non-hydrogen) atoms. The minimum Gasteiger partial charge on any atom is -0.382 e. The van der Waals surface area contributed by atoms with Crippen molar-refractivity contribution in [2.75, 3.05) is 26.9 Å². The first-order chi connectivity index (χ1) is 8.51. The van der Waals surface area contributed by atoms with Crippen molar-refractivity contribution in [3.63, 3.8) is 0 Å². The van der Waals surface area contributed by atoms with E-state index in [0.717, 1.165) is 19.6 Å². The largest absolute Gasteiger partial charge is 0.382 e. The van der Waals surface area contributed by atoms with Crippen molar-refractivity contribution in [1.82, 2.24) is 5.32 Å². The zero-order chi connectivity index (χ0) is 13.4. The highest BCUT2D eigenvalue weighted by atomic mass is 32.1. The van der Waals surface area contributed by atoms with E-state index >= 15 is 0 Å². The van der Waals surface area contributed by atoms with Crippen LogP contribution in [0.25, 0.3) is 0 Å². The van der Waals surface area contributed by atoms with Gasteiger partial charge >= 0.3 is 0 Å². The van der Waals surface area contributed by atoms with E-state index in [1.807, 2.05) is 0 Å². The molecule has 1 rings (SSSR count). The molecule has 0 amide bonds. The second kappa shape index (κ2) is 7.89. The molecule has 0 spiro atoms. The maximum absolute atomic E-state index is 5.87. The van der Waals surface area contributed by atoms with Gasteiger partial charge in [-0.3, -0.25) is 0 Å². The number of methoxy groups -OCH3 is 1. The van der Waals surface area contributed by atoms with Gasteiger partial charge in [-0.15, -0.1) is 11.3 Å². The Balaban J connectivity index is 2.24. The molecule has 0 aliphatic heterocycles. The Bertz CT molecular complexity index is 306. The van der Waals surface area contributed by atoms with Crippen molar-refractivity contribution in [3.8, 4) is 0 Å². The van der Waals surface area contributed by atoms with E-state index < -0.39 is 0 Å². The molecule has 1 atom stereocenters. The van der Waals surface area contributed by atoms with E-state index in [9.17, 15) is 0 Å². The smallest absolute Gasteiger partial charge is 0.0932 e. The lowest BCUT2D eigenvalue weighted by molar-refractivity contribution is -0.00228. The van der Waals surface area contributed by atoms with Gasteiger partial charge < -0.3 is 14.8 Å². The molecule has 0 fully saturated rings. The van der Waals surface area contributed by atoms with Gasteiger partial charge in [0.1, 0.15) is 0 Å². The minimum absolute atomic E-state index is 0.114. The molecule has 1 aromatic rings. The number of thiophene rings is 1. The van der Waals surface area contributed by atoms with Gasteiger partial charge in [-0.2, -0.15) is 0 Å². The van der Waals surface area contributed by atoms with Crippen molar-refractivity contribution < 1.29 is 9.47 Å². The standard InChI is InChI=1S/C14H25NO2S/c1-14(2,3)15-10-12(11-16-4)17-8-7-13-6-5-9-18-13/h5-6,9,12,15H,7-8,10-11H2,1-4H3. The zero-order valence-electron chi connectivity index (χ0n) is 11.9. The summed E-state index contributed by atoms with van der Waals surface area (Å²) in [5.41, 5.74) is 0.114. The third-order valence-electron chi connectivity index (χ3n) is 2.49. The third kappa shape index (κ3) is 7.11. The fourth-order valence-corrected chi connectivity index (χ4v) is 2.24. The van der Waals surface area contributed by atoms with E-state index in [-0.39, 0.29) is 11.6 Å². The lowest BCUT2D eigenvalue weighted by Gasteiger charge is -2.25. The summed E-state index contributed by atoms with van der Waals surface area (Å²) in [6, 6.07) is 4.22. The van der Waals surface area contributed by atoms with Gasteiger partial charge in [0.05, 0.1) is 19.3 Å². The quantitative estimate of drug-likeness (QED) is 0.788. The Labute approximate surface area is 114 Å². The summed E-state index contributed by atoms with van der Waals surface area (Å²) in [6.45, 7) is 8.67. The molecule has 1 N–H and O–H groups in total. The Morgan fingerprint density at radius 3 is 2.72 bits per heavy atom. The van der Waals surface area contributed by atoms with Gasteiger partial charge in [-0.05, 0) is 32.2 Å². The first kappa shape index (κ1) is 15.6. The van der Waals surface area contributed by atoms with Crippen LogP contribution in [-0.2, 0) is 15.9 Å². The van der Waals surface area contributed by atoms with Gasteiger partial charge in [-0.25, -0.2) is 0 Å². The molecular formula is C14H25NO2S. The SMILES string of the molecule is COCC(CNC(C)(C)C)OCCc1cccs1. The van der Waals surface area contributed by atoms with Crippen LogP contribution in [0.2, 0.25) is 0 Å². The number of ether oxygens (including phenoxy) is 2. The molecule has 1 aromatic heterocycles. The minimum atomic E-state index is 0.114. The average Bonchev–Trinajstić information content (AvgIpc) is 2.78. The number of hydrogen-bond donors (Lipinski definition) is 1. The fraction of sp³-hybridized carbons (Fsp3) is 0.714. The van der Waals surface area contributed by atoms with Gasteiger partial charge in [0.2, 0.25) is 0 Å². The van der Waals surface area contributed by atoms with Gasteiger partial charge in [-0.1, -0.05) is 6.07 Å². The van der Waals surface area contributed by atoms with Crippen molar-refractivity contribution in [2.45, 2.75) is 38.8 Å². The van der Waals surface area contributed by atoms with Crippen molar-refractivity contribution in [3.05, 3.63) is 22.4 Å². The molecule has 0 aliphatic carbocycles. The zero-order valence-corrected chi connectivity index (χ0v) is 12.7. The summed E-state index contributed by atoms with van der Waals surface area (Å²) >= 11 is 1.78. The monoisotopic (exact) mass is 271 g/mol. The molecule has 0 saturated heterocycles. The summed E-state index contributed by atoms with van der Waals surface area (Å²) in [6.07, 6.45) is 1.10. The molecule has 0 bridgehead atoms. The third-order valence-corrected chi connectivity index (χ3v) is 3.43. The Morgan fingerprint density at radius 2 is 2.17 bits per heavy atom. The Hall–Kier alpha value is -0.420. The molecule has 104 valence electrons. The van der Waals surface area contributed by atoms with E-state index in [1.54, 1.807) is 18.4 Å². The highest BCUT2D eigenvalue weighted by Crippen LogP contribution is 2.09. The summed E-state index contributed by atoms with van der Waals surface area (Å²) in [7, 11) is 1.71. The number of hydrogen-bond acceptors (Lipinski definition) is 4. The van der Waals surface area contributed by atoms with Crippen LogP contribution in [0.1, 0.15) is 25.6 Å². The van der Waals surface area contributed by atoms with Crippen LogP contribution in [0, 0.1) is 0 Å². The lowest BCUT2D eigenvalue weighted by Crippen LogP contribution is -2.43. The molecule has 3 nitrogen and oxygen atoms in total. The average molecular weight is 271 g/mol. The first-order valence-electron chi connectivity index (χ1n) is 6.39. The first-order valence-corrected chi connectivity index (χ1v) is 7.27. The van der Waals surface area contributed by atoms with Crippen molar-refractivity contribution in [2.24, 2.45) is 0 Å². The molecule has 0 aliphatic rings. The second-order valence-corrected chi connectivity index (χ2v) is 6.44. The predicted molar refractivity (Wildman–Crippen MR) is 77.4 cm³/mol. The number of nitrogens with one attached hydrogen (secondary N) is 1. The summed E-state index contributed by atoms with van der Waals surface area (Å²) < 4.78 is 11.1. The van der Waals surface area contributed by atoms with E-state index in [4.69, 9.17) is 9.47 Å². The van der Waals surface area contributed by atoms with Crippen LogP contribution < -0.4 is 5.32 Å². The van der Waals surface area contributed by atoms with Crippen LogP contribution in [0.15, 0.2) is 17.5 Å². The summed E-state index contributed by atoms with van der Waals surface area (Å²) in [4.78, 5) is 1.37. The van der Waals surface area contributed by atoms with E-state index in [1.165, 1.54) is 4.88 Å². The normalized spacial score (nSPS) is 13.8. The van der Waals surface area contributed by atoms with Gasteiger partial charge in [0.25, 0.3) is 0 Å². The van der Waals surface area contributed by atoms with E-state index in [0.29, 0.717) is 6.61 Å². The Morgan fingerprint density at radius 1 is 1.39 bits per heavy atom. The molecule has 1 heterocycles.